The number of anilines is 1. The first-order valence-electron chi connectivity index (χ1n) is 11.1. The van der Waals surface area contributed by atoms with Gasteiger partial charge in [0.1, 0.15) is 5.65 Å². The maximum absolute atomic E-state index is 13.0. The molecular formula is C28H31N3O. The number of fused-ring (bicyclic) bond motifs is 1. The molecular weight excluding hydrogens is 394 g/mol. The molecule has 4 heteroatoms. The second-order valence-electron chi connectivity index (χ2n) is 9.69. The fourth-order valence-electron chi connectivity index (χ4n) is 3.90. The lowest BCUT2D eigenvalue weighted by Gasteiger charge is -2.19. The summed E-state index contributed by atoms with van der Waals surface area (Å²) in [6.45, 7) is 12.8. The zero-order valence-corrected chi connectivity index (χ0v) is 19.8. The SMILES string of the molecule is Cc1ccn2c(CC(=O)Nc3ccc(C(C)(C)C)cc3)c(-c3ccc(C)c(C)c3)nc2c1. The number of pyridine rings is 1. The van der Waals surface area contributed by atoms with Crippen LogP contribution in [0.15, 0.2) is 60.8 Å². The molecule has 0 aliphatic rings. The third-order valence-electron chi connectivity index (χ3n) is 6.02. The molecule has 32 heavy (non-hydrogen) atoms. The maximum Gasteiger partial charge on any atom is 0.230 e. The van der Waals surface area contributed by atoms with Crippen LogP contribution in [0.3, 0.4) is 0 Å². The van der Waals surface area contributed by atoms with Gasteiger partial charge in [0, 0.05) is 17.4 Å². The van der Waals surface area contributed by atoms with Crippen molar-refractivity contribution in [2.45, 2.75) is 53.4 Å². The first kappa shape index (κ1) is 21.8. The lowest BCUT2D eigenvalue weighted by atomic mass is 9.87. The Morgan fingerprint density at radius 2 is 1.66 bits per heavy atom. The third-order valence-corrected chi connectivity index (χ3v) is 6.02. The standard InChI is InChI=1S/C28H31N3O/c1-18-13-14-31-24(17-26(32)29-23-11-9-22(10-12-23)28(4,5)6)27(30-25(31)15-18)21-8-7-19(2)20(3)16-21/h7-16H,17H2,1-6H3,(H,29,32). The summed E-state index contributed by atoms with van der Waals surface area (Å²) in [5.41, 5.74) is 9.37. The highest BCUT2D eigenvalue weighted by atomic mass is 16.1. The Kier molecular flexibility index (Phi) is 5.64. The quantitative estimate of drug-likeness (QED) is 0.411. The highest BCUT2D eigenvalue weighted by Gasteiger charge is 2.18. The number of carbonyl (C=O) groups excluding carboxylic acids is 1. The summed E-state index contributed by atoms with van der Waals surface area (Å²) in [7, 11) is 0. The lowest BCUT2D eigenvalue weighted by molar-refractivity contribution is -0.115. The van der Waals surface area contributed by atoms with Crippen LogP contribution in [0, 0.1) is 20.8 Å². The molecule has 0 spiro atoms. The van der Waals surface area contributed by atoms with Crippen LogP contribution >= 0.6 is 0 Å². The summed E-state index contributed by atoms with van der Waals surface area (Å²) < 4.78 is 2.03. The van der Waals surface area contributed by atoms with E-state index in [1.165, 1.54) is 16.7 Å². The van der Waals surface area contributed by atoms with Crippen molar-refractivity contribution in [1.29, 1.82) is 0 Å². The average molecular weight is 426 g/mol. The highest BCUT2D eigenvalue weighted by Crippen LogP contribution is 2.28. The van der Waals surface area contributed by atoms with Crippen molar-refractivity contribution in [2.24, 2.45) is 0 Å². The van der Waals surface area contributed by atoms with Crippen LogP contribution < -0.4 is 5.32 Å². The molecule has 0 unspecified atom stereocenters. The number of hydrogen-bond donors (Lipinski definition) is 1. The highest BCUT2D eigenvalue weighted by molar-refractivity contribution is 5.93. The molecule has 0 atom stereocenters. The second-order valence-corrected chi connectivity index (χ2v) is 9.69. The monoisotopic (exact) mass is 425 g/mol. The van der Waals surface area contributed by atoms with Crippen LogP contribution in [-0.4, -0.2) is 15.3 Å². The second kappa shape index (κ2) is 8.27. The predicted molar refractivity (Wildman–Crippen MR) is 132 cm³/mol. The van der Waals surface area contributed by atoms with E-state index < -0.39 is 0 Å². The molecule has 1 amide bonds. The van der Waals surface area contributed by atoms with E-state index in [0.717, 1.165) is 33.8 Å². The summed E-state index contributed by atoms with van der Waals surface area (Å²) in [5, 5.41) is 3.05. The Labute approximate surface area is 190 Å². The summed E-state index contributed by atoms with van der Waals surface area (Å²) >= 11 is 0. The van der Waals surface area contributed by atoms with Crippen molar-refractivity contribution < 1.29 is 4.79 Å². The number of imidazole rings is 1. The van der Waals surface area contributed by atoms with E-state index in [0.29, 0.717) is 0 Å². The van der Waals surface area contributed by atoms with Gasteiger partial charge < -0.3 is 9.72 Å². The number of aryl methyl sites for hydroxylation is 3. The van der Waals surface area contributed by atoms with E-state index in [1.54, 1.807) is 0 Å². The molecule has 4 nitrogen and oxygen atoms in total. The number of nitrogens with zero attached hydrogens (tertiary/aromatic N) is 2. The van der Waals surface area contributed by atoms with Crippen molar-refractivity contribution in [3.63, 3.8) is 0 Å². The summed E-state index contributed by atoms with van der Waals surface area (Å²) in [4.78, 5) is 17.9. The molecule has 0 aliphatic carbocycles. The van der Waals surface area contributed by atoms with Gasteiger partial charge in [0.25, 0.3) is 0 Å². The number of benzene rings is 2. The molecule has 0 aliphatic heterocycles. The molecule has 2 aromatic heterocycles. The normalized spacial score (nSPS) is 11.7. The van der Waals surface area contributed by atoms with E-state index in [-0.39, 0.29) is 17.7 Å². The van der Waals surface area contributed by atoms with E-state index in [9.17, 15) is 4.79 Å². The molecule has 164 valence electrons. The van der Waals surface area contributed by atoms with E-state index >= 15 is 0 Å². The Morgan fingerprint density at radius 3 is 2.31 bits per heavy atom. The molecule has 4 rings (SSSR count). The minimum atomic E-state index is -0.0547. The number of aromatic nitrogens is 2. The molecule has 0 fully saturated rings. The Balaban J connectivity index is 1.67. The van der Waals surface area contributed by atoms with Crippen LogP contribution in [-0.2, 0) is 16.6 Å². The zero-order chi connectivity index (χ0) is 23.0. The van der Waals surface area contributed by atoms with Gasteiger partial charge in [-0.05, 0) is 78.8 Å². The zero-order valence-electron chi connectivity index (χ0n) is 19.8. The minimum Gasteiger partial charge on any atom is -0.326 e. The van der Waals surface area contributed by atoms with Crippen LogP contribution in [0.5, 0.6) is 0 Å². The van der Waals surface area contributed by atoms with Gasteiger partial charge in [0.05, 0.1) is 17.8 Å². The van der Waals surface area contributed by atoms with Gasteiger partial charge >= 0.3 is 0 Å². The molecule has 4 aromatic rings. The summed E-state index contributed by atoms with van der Waals surface area (Å²) in [6, 6.07) is 18.5. The van der Waals surface area contributed by atoms with Gasteiger partial charge in [-0.3, -0.25) is 4.79 Å². The van der Waals surface area contributed by atoms with Gasteiger partial charge in [-0.1, -0.05) is 45.0 Å². The smallest absolute Gasteiger partial charge is 0.230 e. The van der Waals surface area contributed by atoms with E-state index in [4.69, 9.17) is 4.98 Å². The average Bonchev–Trinajstić information content (AvgIpc) is 3.07. The third kappa shape index (κ3) is 4.45. The minimum absolute atomic E-state index is 0.0547. The molecule has 0 saturated carbocycles. The van der Waals surface area contributed by atoms with Crippen molar-refractivity contribution in [1.82, 2.24) is 9.38 Å². The summed E-state index contributed by atoms with van der Waals surface area (Å²) in [6.07, 6.45) is 2.25. The topological polar surface area (TPSA) is 46.4 Å². The van der Waals surface area contributed by atoms with Crippen LogP contribution in [0.25, 0.3) is 16.9 Å². The van der Waals surface area contributed by atoms with Crippen molar-refractivity contribution in [3.05, 3.63) is 88.7 Å². The van der Waals surface area contributed by atoms with Gasteiger partial charge in [0.15, 0.2) is 0 Å². The van der Waals surface area contributed by atoms with Crippen LogP contribution in [0.1, 0.15) is 48.7 Å². The molecule has 2 heterocycles. The van der Waals surface area contributed by atoms with E-state index in [1.807, 2.05) is 28.8 Å². The number of hydrogen-bond acceptors (Lipinski definition) is 2. The fourth-order valence-corrected chi connectivity index (χ4v) is 3.90. The largest absolute Gasteiger partial charge is 0.326 e. The first-order chi connectivity index (χ1) is 15.1. The molecule has 1 N–H and O–H groups in total. The van der Waals surface area contributed by atoms with E-state index in [2.05, 4.69) is 83.3 Å². The van der Waals surface area contributed by atoms with Crippen LogP contribution in [0.4, 0.5) is 5.69 Å². The Bertz CT molecular complexity index is 1290. The molecule has 0 bridgehead atoms. The molecule has 0 saturated heterocycles. The lowest BCUT2D eigenvalue weighted by Crippen LogP contribution is -2.16. The maximum atomic E-state index is 13.0. The molecule has 0 radical (unpaired) electrons. The number of carbonyl (C=O) groups is 1. The van der Waals surface area contributed by atoms with Crippen molar-refractivity contribution in [3.8, 4) is 11.3 Å². The summed E-state index contributed by atoms with van der Waals surface area (Å²) in [5.74, 6) is -0.0547. The fraction of sp³-hybridized carbons (Fsp3) is 0.286. The Hall–Kier alpha value is -3.40. The first-order valence-corrected chi connectivity index (χ1v) is 11.1. The van der Waals surface area contributed by atoms with Gasteiger partial charge in [-0.2, -0.15) is 0 Å². The number of rotatable bonds is 4. The number of amides is 1. The van der Waals surface area contributed by atoms with Crippen LogP contribution in [0.2, 0.25) is 0 Å². The van der Waals surface area contributed by atoms with Gasteiger partial charge in [-0.15, -0.1) is 0 Å². The Morgan fingerprint density at radius 1 is 0.938 bits per heavy atom. The van der Waals surface area contributed by atoms with Crippen molar-refractivity contribution >= 4 is 17.2 Å². The number of nitrogens with one attached hydrogen (secondary N) is 1. The van der Waals surface area contributed by atoms with Gasteiger partial charge in [0.2, 0.25) is 5.91 Å². The van der Waals surface area contributed by atoms with Gasteiger partial charge in [-0.25, -0.2) is 4.98 Å². The molecule has 2 aromatic carbocycles. The van der Waals surface area contributed by atoms with Crippen molar-refractivity contribution in [2.75, 3.05) is 5.32 Å². The predicted octanol–water partition coefficient (Wildman–Crippen LogP) is 6.41.